The quantitative estimate of drug-likeness (QED) is 0.826. The second-order valence-corrected chi connectivity index (χ2v) is 6.47. The average molecular weight is 270 g/mol. The Labute approximate surface area is 107 Å². The van der Waals surface area contributed by atoms with E-state index in [9.17, 15) is 18.1 Å². The van der Waals surface area contributed by atoms with E-state index in [0.717, 1.165) is 19.3 Å². The van der Waals surface area contributed by atoms with Crippen LogP contribution in [0.1, 0.15) is 42.9 Å². The zero-order valence-corrected chi connectivity index (χ0v) is 10.9. The third-order valence-corrected chi connectivity index (χ3v) is 4.91. The molecule has 1 aliphatic carbocycles. The molecule has 4 nitrogen and oxygen atoms in total. The summed E-state index contributed by atoms with van der Waals surface area (Å²) in [6.07, 6.45) is 3.39. The maximum atomic E-state index is 11.6. The average Bonchev–Trinajstić information content (AvgIpc) is 2.29. The molecule has 2 N–H and O–H groups in total. The van der Waals surface area contributed by atoms with E-state index in [1.54, 1.807) is 30.3 Å². The molecule has 18 heavy (non-hydrogen) atoms. The van der Waals surface area contributed by atoms with E-state index < -0.39 is 21.0 Å². The van der Waals surface area contributed by atoms with Crippen molar-refractivity contribution < 1.29 is 18.1 Å². The molecule has 2 rings (SSSR count). The topological polar surface area (TPSA) is 74.6 Å². The molecule has 0 aliphatic heterocycles. The highest BCUT2D eigenvalue weighted by Gasteiger charge is 2.45. The van der Waals surface area contributed by atoms with E-state index in [1.165, 1.54) is 0 Å². The zero-order valence-electron chi connectivity index (χ0n) is 10.1. The van der Waals surface area contributed by atoms with Crippen LogP contribution in [0.25, 0.3) is 0 Å². The van der Waals surface area contributed by atoms with Crippen LogP contribution in [-0.4, -0.2) is 23.7 Å². The Hall–Kier alpha value is -0.910. The fourth-order valence-corrected chi connectivity index (χ4v) is 4.10. The van der Waals surface area contributed by atoms with Gasteiger partial charge in [0.25, 0.3) is 10.1 Å². The van der Waals surface area contributed by atoms with Gasteiger partial charge in [-0.1, -0.05) is 49.6 Å². The third-order valence-electron chi connectivity index (χ3n) is 3.61. The largest absolute Gasteiger partial charge is 0.388 e. The molecule has 0 heterocycles. The molecule has 1 atom stereocenters. The lowest BCUT2D eigenvalue weighted by Gasteiger charge is -2.37. The number of hydrogen-bond acceptors (Lipinski definition) is 3. The van der Waals surface area contributed by atoms with Crippen molar-refractivity contribution in [3.8, 4) is 0 Å². The minimum Gasteiger partial charge on any atom is -0.388 e. The first-order chi connectivity index (χ1) is 8.43. The molecule has 0 aromatic heterocycles. The molecule has 100 valence electrons. The number of rotatable bonds is 3. The molecule has 5 heteroatoms. The van der Waals surface area contributed by atoms with Gasteiger partial charge in [0.1, 0.15) is 5.25 Å². The Morgan fingerprint density at radius 1 is 1.06 bits per heavy atom. The highest BCUT2D eigenvalue weighted by Crippen LogP contribution is 2.42. The molecule has 0 unspecified atom stereocenters. The van der Waals surface area contributed by atoms with Gasteiger partial charge in [0.05, 0.1) is 5.60 Å². The third kappa shape index (κ3) is 2.74. The number of aliphatic hydroxyl groups is 1. The van der Waals surface area contributed by atoms with Crippen molar-refractivity contribution in [3.63, 3.8) is 0 Å². The van der Waals surface area contributed by atoms with E-state index in [4.69, 9.17) is 0 Å². The summed E-state index contributed by atoms with van der Waals surface area (Å²) in [5, 5.41) is 9.34. The summed E-state index contributed by atoms with van der Waals surface area (Å²) in [4.78, 5) is 0. The van der Waals surface area contributed by atoms with Gasteiger partial charge in [0, 0.05) is 0 Å². The lowest BCUT2D eigenvalue weighted by molar-refractivity contribution is -0.00242. The Balaban J connectivity index is 2.44. The molecule has 1 fully saturated rings. The molecule has 0 saturated heterocycles. The first-order valence-electron chi connectivity index (χ1n) is 6.17. The van der Waals surface area contributed by atoms with Crippen molar-refractivity contribution in [3.05, 3.63) is 35.9 Å². The fourth-order valence-electron chi connectivity index (χ4n) is 2.81. The minimum atomic E-state index is -4.33. The predicted molar refractivity (Wildman–Crippen MR) is 68.8 cm³/mol. The highest BCUT2D eigenvalue weighted by molar-refractivity contribution is 7.86. The molecule has 0 radical (unpaired) electrons. The van der Waals surface area contributed by atoms with E-state index in [2.05, 4.69) is 0 Å². The lowest BCUT2D eigenvalue weighted by Crippen LogP contribution is -2.42. The summed E-state index contributed by atoms with van der Waals surface area (Å²) in [6, 6.07) is 8.45. The number of benzene rings is 1. The maximum absolute atomic E-state index is 11.6. The van der Waals surface area contributed by atoms with Gasteiger partial charge in [-0.25, -0.2) is 0 Å². The van der Waals surface area contributed by atoms with Gasteiger partial charge in [-0.15, -0.1) is 0 Å². The summed E-state index contributed by atoms with van der Waals surface area (Å²) >= 11 is 0. The second-order valence-electron chi connectivity index (χ2n) is 4.97. The van der Waals surface area contributed by atoms with Crippen molar-refractivity contribution in [2.75, 3.05) is 0 Å². The Morgan fingerprint density at radius 3 is 2.11 bits per heavy atom. The molecule has 1 aliphatic rings. The van der Waals surface area contributed by atoms with Crippen LogP contribution >= 0.6 is 0 Å². The molecule has 1 aromatic rings. The summed E-state index contributed by atoms with van der Waals surface area (Å²) in [5.74, 6) is 0. The molecule has 0 amide bonds. The van der Waals surface area contributed by atoms with Crippen LogP contribution < -0.4 is 0 Å². The summed E-state index contributed by atoms with van der Waals surface area (Å²) < 4.78 is 32.7. The summed E-state index contributed by atoms with van der Waals surface area (Å²) in [7, 11) is -4.33. The highest BCUT2D eigenvalue weighted by atomic mass is 32.2. The molecule has 1 aromatic carbocycles. The first kappa shape index (κ1) is 13.5. The molecule has 0 spiro atoms. The second kappa shape index (κ2) is 4.99. The Morgan fingerprint density at radius 2 is 1.61 bits per heavy atom. The predicted octanol–water partition coefficient (Wildman–Crippen LogP) is 2.31. The van der Waals surface area contributed by atoms with Gasteiger partial charge in [-0.3, -0.25) is 4.55 Å². The van der Waals surface area contributed by atoms with Crippen molar-refractivity contribution in [1.29, 1.82) is 0 Å². The van der Waals surface area contributed by atoms with Crippen molar-refractivity contribution in [1.82, 2.24) is 0 Å². The Kier molecular flexibility index (Phi) is 3.75. The van der Waals surface area contributed by atoms with Crippen LogP contribution in [0.3, 0.4) is 0 Å². The van der Waals surface area contributed by atoms with E-state index in [-0.39, 0.29) is 0 Å². The van der Waals surface area contributed by atoms with Gasteiger partial charge < -0.3 is 5.11 Å². The fraction of sp³-hybridized carbons (Fsp3) is 0.538. The molecule has 1 saturated carbocycles. The number of hydrogen-bond donors (Lipinski definition) is 2. The Bertz CT molecular complexity index is 489. The van der Waals surface area contributed by atoms with Crippen molar-refractivity contribution in [2.45, 2.75) is 43.0 Å². The van der Waals surface area contributed by atoms with Crippen LogP contribution in [0.15, 0.2) is 30.3 Å². The normalized spacial score (nSPS) is 21.4. The minimum absolute atomic E-state index is 0.409. The van der Waals surface area contributed by atoms with Crippen LogP contribution in [0.5, 0.6) is 0 Å². The molecular formula is C13H18O4S. The zero-order chi connectivity index (χ0) is 13.2. The van der Waals surface area contributed by atoms with E-state index in [1.807, 2.05) is 0 Å². The molecule has 0 bridgehead atoms. The van der Waals surface area contributed by atoms with E-state index in [0.29, 0.717) is 18.4 Å². The van der Waals surface area contributed by atoms with Gasteiger partial charge in [0.15, 0.2) is 0 Å². The van der Waals surface area contributed by atoms with Gasteiger partial charge in [-0.05, 0) is 18.4 Å². The van der Waals surface area contributed by atoms with Crippen LogP contribution in [-0.2, 0) is 10.1 Å². The van der Waals surface area contributed by atoms with E-state index >= 15 is 0 Å². The van der Waals surface area contributed by atoms with Crippen molar-refractivity contribution >= 4 is 10.1 Å². The summed E-state index contributed by atoms with van der Waals surface area (Å²) in [5.41, 5.74) is -0.905. The SMILES string of the molecule is O=S(=O)(O)[C@@H](c1ccccc1)C1(O)CCCCC1. The van der Waals surface area contributed by atoms with Gasteiger partial charge >= 0.3 is 0 Å². The standard InChI is InChI=1S/C13H18O4S/c14-13(9-5-2-6-10-13)12(18(15,16)17)11-7-3-1-4-8-11/h1,3-4,7-8,12,14H,2,5-6,9-10H2,(H,15,16,17)/t12-/m0/s1. The van der Waals surface area contributed by atoms with Gasteiger partial charge in [-0.2, -0.15) is 8.42 Å². The van der Waals surface area contributed by atoms with Crippen LogP contribution in [0, 0.1) is 0 Å². The first-order valence-corrected chi connectivity index (χ1v) is 7.67. The molecular weight excluding hydrogens is 252 g/mol. The smallest absolute Gasteiger partial charge is 0.274 e. The van der Waals surface area contributed by atoms with Gasteiger partial charge in [0.2, 0.25) is 0 Å². The van der Waals surface area contributed by atoms with Crippen LogP contribution in [0.4, 0.5) is 0 Å². The summed E-state index contributed by atoms with van der Waals surface area (Å²) in [6.45, 7) is 0. The van der Waals surface area contributed by atoms with Crippen molar-refractivity contribution in [2.24, 2.45) is 0 Å². The lowest BCUT2D eigenvalue weighted by atomic mass is 9.80. The monoisotopic (exact) mass is 270 g/mol. The van der Waals surface area contributed by atoms with Crippen LogP contribution in [0.2, 0.25) is 0 Å². The maximum Gasteiger partial charge on any atom is 0.274 e.